The summed E-state index contributed by atoms with van der Waals surface area (Å²) in [5.74, 6) is -2.06. The Morgan fingerprint density at radius 3 is 1.64 bits per heavy atom. The number of hydrogen-bond donors (Lipinski definition) is 0. The molecule has 2 aliphatic heterocycles. The molecule has 6 rings (SSSR count). The van der Waals surface area contributed by atoms with Crippen LogP contribution in [0.15, 0.2) is 119 Å². The molecule has 3 atom stereocenters. The van der Waals surface area contributed by atoms with E-state index in [9.17, 15) is 29.8 Å². The van der Waals surface area contributed by atoms with E-state index in [1.54, 1.807) is 60.7 Å². The zero-order valence-electron chi connectivity index (χ0n) is 22.9. The molecule has 2 amide bonds. The van der Waals surface area contributed by atoms with Crippen LogP contribution in [-0.2, 0) is 9.59 Å². The van der Waals surface area contributed by atoms with Gasteiger partial charge in [-0.05, 0) is 54.1 Å². The van der Waals surface area contributed by atoms with Crippen LogP contribution < -0.4 is 10.0 Å². The summed E-state index contributed by atoms with van der Waals surface area (Å²) in [4.78, 5) is 49.2. The number of carbonyl (C=O) groups excluding carboxylic acids is 2. The first-order chi connectivity index (χ1) is 21.6. The molecule has 0 spiro atoms. The van der Waals surface area contributed by atoms with Gasteiger partial charge in [0.15, 0.2) is 4.32 Å². The third-order valence-electron chi connectivity index (χ3n) is 7.43. The van der Waals surface area contributed by atoms with Crippen LogP contribution in [0.2, 0.25) is 0 Å². The van der Waals surface area contributed by atoms with Crippen molar-refractivity contribution in [2.45, 2.75) is 9.15 Å². The number of halogens is 2. The molecule has 0 radical (unpaired) electrons. The SMILES string of the molecule is O=C1[C@H]([C@@H](Br)[C@]2(Br)C(=O)N(c3ccccc3)N=C2c2ccc([N+](=O)[O-])cc2)C(c2ccc([N+](=O)[O-])cc2)=NN1c1ccccc1. The van der Waals surface area contributed by atoms with Gasteiger partial charge in [0.1, 0.15) is 0 Å². The standard InChI is InChI=1S/C31H20Br2N6O6/c32-27(25-26(19-11-15-23(16-12-19)38(42)43)34-36(29(25)40)21-7-3-1-4-8-21)31(33)28(20-13-17-24(18-14-20)39(44)45)35-37(30(31)41)22-9-5-2-6-10-22/h1-18,25,27H/t25-,27+,31+/m0/s1. The van der Waals surface area contributed by atoms with E-state index < -0.39 is 36.7 Å². The number of benzene rings is 4. The first-order valence-corrected chi connectivity index (χ1v) is 15.1. The van der Waals surface area contributed by atoms with E-state index in [1.165, 1.54) is 58.5 Å². The molecule has 12 nitrogen and oxygen atoms in total. The first-order valence-electron chi connectivity index (χ1n) is 13.4. The molecule has 0 saturated carbocycles. The molecule has 0 unspecified atom stereocenters. The van der Waals surface area contributed by atoms with Gasteiger partial charge < -0.3 is 0 Å². The largest absolute Gasteiger partial charge is 0.272 e. The fourth-order valence-electron chi connectivity index (χ4n) is 5.18. The summed E-state index contributed by atoms with van der Waals surface area (Å²) in [5.41, 5.74) is 2.01. The van der Waals surface area contributed by atoms with Crippen molar-refractivity contribution in [2.24, 2.45) is 16.1 Å². The van der Waals surface area contributed by atoms with Gasteiger partial charge in [-0.3, -0.25) is 29.8 Å². The minimum Gasteiger partial charge on any atom is -0.272 e. The summed E-state index contributed by atoms with van der Waals surface area (Å²) in [7, 11) is 0. The highest BCUT2D eigenvalue weighted by atomic mass is 79.9. The predicted molar refractivity (Wildman–Crippen MR) is 175 cm³/mol. The molecule has 0 saturated heterocycles. The molecule has 4 aromatic rings. The van der Waals surface area contributed by atoms with E-state index in [-0.39, 0.29) is 22.8 Å². The molecule has 0 aliphatic carbocycles. The maximum Gasteiger partial charge on any atom is 0.271 e. The van der Waals surface area contributed by atoms with Crippen molar-refractivity contribution < 1.29 is 19.4 Å². The van der Waals surface area contributed by atoms with Crippen molar-refractivity contribution in [1.29, 1.82) is 0 Å². The van der Waals surface area contributed by atoms with Crippen LogP contribution >= 0.6 is 31.9 Å². The summed E-state index contributed by atoms with van der Waals surface area (Å²) in [6, 6.07) is 28.7. The van der Waals surface area contributed by atoms with Crippen LogP contribution in [-0.4, -0.2) is 42.2 Å². The minimum atomic E-state index is -1.67. The van der Waals surface area contributed by atoms with Crippen molar-refractivity contribution in [2.75, 3.05) is 10.0 Å². The molecule has 224 valence electrons. The summed E-state index contributed by atoms with van der Waals surface area (Å²) in [5, 5.41) is 34.5. The van der Waals surface area contributed by atoms with Gasteiger partial charge in [-0.15, -0.1) is 0 Å². The summed E-state index contributed by atoms with van der Waals surface area (Å²) >= 11 is 7.39. The Kier molecular flexibility index (Phi) is 7.85. The predicted octanol–water partition coefficient (Wildman–Crippen LogP) is 6.22. The number of hydrazone groups is 2. The van der Waals surface area contributed by atoms with Gasteiger partial charge in [0.2, 0.25) is 0 Å². The normalized spacial score (nSPS) is 20.2. The Labute approximate surface area is 272 Å². The molecule has 0 aromatic heterocycles. The van der Waals surface area contributed by atoms with Crippen LogP contribution in [0.1, 0.15) is 11.1 Å². The van der Waals surface area contributed by atoms with Crippen molar-refractivity contribution in [3.8, 4) is 0 Å². The molecular weight excluding hydrogens is 712 g/mol. The second-order valence-electron chi connectivity index (χ2n) is 10.1. The van der Waals surface area contributed by atoms with Gasteiger partial charge in [0.05, 0.1) is 43.4 Å². The maximum absolute atomic E-state index is 14.4. The zero-order chi connectivity index (χ0) is 31.9. The lowest BCUT2D eigenvalue weighted by Gasteiger charge is -2.31. The fraction of sp³-hybridized carbons (Fsp3) is 0.0968. The second kappa shape index (κ2) is 11.8. The molecule has 45 heavy (non-hydrogen) atoms. The lowest BCUT2D eigenvalue weighted by atomic mass is 9.83. The quantitative estimate of drug-likeness (QED) is 0.119. The number of rotatable bonds is 8. The summed E-state index contributed by atoms with van der Waals surface area (Å²) in [6.07, 6.45) is 0. The number of hydrogen-bond acceptors (Lipinski definition) is 8. The topological polar surface area (TPSA) is 152 Å². The van der Waals surface area contributed by atoms with Crippen molar-refractivity contribution in [3.05, 3.63) is 141 Å². The second-order valence-corrected chi connectivity index (χ2v) is 12.3. The van der Waals surface area contributed by atoms with E-state index >= 15 is 0 Å². The van der Waals surface area contributed by atoms with Crippen molar-refractivity contribution in [1.82, 2.24) is 0 Å². The molecule has 0 fully saturated rings. The monoisotopic (exact) mass is 730 g/mol. The van der Waals surface area contributed by atoms with E-state index in [0.717, 1.165) is 0 Å². The van der Waals surface area contributed by atoms with Crippen LogP contribution in [0.25, 0.3) is 0 Å². The molecule has 0 bridgehead atoms. The number of non-ortho nitro benzene ring substituents is 2. The molecule has 2 aliphatic rings. The van der Waals surface area contributed by atoms with Crippen LogP contribution in [0, 0.1) is 26.1 Å². The number of amides is 2. The van der Waals surface area contributed by atoms with E-state index in [2.05, 4.69) is 42.1 Å². The number of nitrogens with zero attached hydrogens (tertiary/aromatic N) is 6. The Morgan fingerprint density at radius 1 is 0.689 bits per heavy atom. The summed E-state index contributed by atoms with van der Waals surface area (Å²) < 4.78 is -1.67. The van der Waals surface area contributed by atoms with Gasteiger partial charge in [0, 0.05) is 29.8 Å². The highest BCUT2D eigenvalue weighted by Gasteiger charge is 2.60. The Hall–Kier alpha value is -5.08. The van der Waals surface area contributed by atoms with Gasteiger partial charge in [-0.25, -0.2) is 0 Å². The van der Waals surface area contributed by atoms with Gasteiger partial charge in [0.25, 0.3) is 23.2 Å². The third kappa shape index (κ3) is 5.21. The van der Waals surface area contributed by atoms with Crippen molar-refractivity contribution in [3.63, 3.8) is 0 Å². The summed E-state index contributed by atoms with van der Waals surface area (Å²) in [6.45, 7) is 0. The van der Waals surface area contributed by atoms with Crippen molar-refractivity contribution >= 4 is 77.8 Å². The molecule has 14 heteroatoms. The number of alkyl halides is 2. The lowest BCUT2D eigenvalue weighted by molar-refractivity contribution is -0.385. The Balaban J connectivity index is 1.48. The minimum absolute atomic E-state index is 0.135. The third-order valence-corrected chi connectivity index (χ3v) is 10.5. The Bertz CT molecular complexity index is 1890. The van der Waals surface area contributed by atoms with Gasteiger partial charge in [-0.1, -0.05) is 68.3 Å². The van der Waals surface area contributed by atoms with Gasteiger partial charge >= 0.3 is 0 Å². The molecule has 2 heterocycles. The molecule has 4 aromatic carbocycles. The average Bonchev–Trinajstić information content (AvgIpc) is 3.55. The number of para-hydroxylation sites is 2. The Morgan fingerprint density at radius 2 is 1.16 bits per heavy atom. The highest BCUT2D eigenvalue weighted by molar-refractivity contribution is 9.13. The number of nitro benzene ring substituents is 2. The lowest BCUT2D eigenvalue weighted by Crippen LogP contribution is -2.54. The molecule has 0 N–H and O–H groups in total. The highest BCUT2D eigenvalue weighted by Crippen LogP contribution is 2.46. The first kappa shape index (κ1) is 30.0. The average molecular weight is 732 g/mol. The van der Waals surface area contributed by atoms with E-state index in [0.29, 0.717) is 22.5 Å². The van der Waals surface area contributed by atoms with E-state index in [4.69, 9.17) is 0 Å². The maximum atomic E-state index is 14.4. The number of nitro groups is 2. The van der Waals surface area contributed by atoms with E-state index in [1.807, 2.05) is 0 Å². The molecular formula is C31H20Br2N6O6. The smallest absolute Gasteiger partial charge is 0.271 e. The zero-order valence-corrected chi connectivity index (χ0v) is 26.1. The fourth-order valence-corrected chi connectivity index (χ4v) is 6.81. The van der Waals surface area contributed by atoms with Crippen LogP contribution in [0.4, 0.5) is 22.7 Å². The van der Waals surface area contributed by atoms with Crippen LogP contribution in [0.5, 0.6) is 0 Å². The van der Waals surface area contributed by atoms with Crippen LogP contribution in [0.3, 0.4) is 0 Å². The number of carbonyl (C=O) groups is 2. The number of anilines is 2. The van der Waals surface area contributed by atoms with Gasteiger partial charge in [-0.2, -0.15) is 20.2 Å².